The number of para-hydroxylation sites is 2. The number of carbonyl (C=O) groups excluding carboxylic acids is 1. The average Bonchev–Trinajstić information content (AvgIpc) is 3.46. The molecule has 0 aliphatic carbocycles. The maximum absolute atomic E-state index is 12.3. The van der Waals surface area contributed by atoms with Crippen molar-refractivity contribution < 1.29 is 13.9 Å². The molecule has 0 bridgehead atoms. The summed E-state index contributed by atoms with van der Waals surface area (Å²) in [5, 5.41) is 4.59. The van der Waals surface area contributed by atoms with Crippen molar-refractivity contribution in [3.63, 3.8) is 0 Å². The maximum atomic E-state index is 12.3. The van der Waals surface area contributed by atoms with Gasteiger partial charge in [0.25, 0.3) is 0 Å². The van der Waals surface area contributed by atoms with Crippen LogP contribution in [0.1, 0.15) is 39.7 Å². The van der Waals surface area contributed by atoms with Crippen LogP contribution in [0, 0.1) is 0 Å². The molecule has 0 saturated carbocycles. The zero-order valence-corrected chi connectivity index (χ0v) is 19.6. The van der Waals surface area contributed by atoms with Gasteiger partial charge in [0, 0.05) is 36.6 Å². The van der Waals surface area contributed by atoms with Gasteiger partial charge in [-0.15, -0.1) is 0 Å². The minimum absolute atomic E-state index is 0.214. The Morgan fingerprint density at radius 2 is 1.91 bits per heavy atom. The van der Waals surface area contributed by atoms with Gasteiger partial charge in [-0.1, -0.05) is 12.1 Å². The van der Waals surface area contributed by atoms with Crippen molar-refractivity contribution in [2.45, 2.75) is 45.3 Å². The second-order valence-corrected chi connectivity index (χ2v) is 9.55. The predicted molar refractivity (Wildman–Crippen MR) is 129 cm³/mol. The molecule has 0 atom stereocenters. The number of aromatic nitrogens is 4. The lowest BCUT2D eigenvalue weighted by atomic mass is 10.1. The Labute approximate surface area is 197 Å². The molecule has 1 aliphatic heterocycles. The van der Waals surface area contributed by atoms with E-state index in [1.54, 1.807) is 11.1 Å². The van der Waals surface area contributed by atoms with Crippen molar-refractivity contribution >= 4 is 23.0 Å². The molecule has 0 radical (unpaired) electrons. The number of amides is 1. The van der Waals surface area contributed by atoms with Crippen LogP contribution in [-0.4, -0.2) is 49.4 Å². The second-order valence-electron chi connectivity index (χ2n) is 9.55. The summed E-state index contributed by atoms with van der Waals surface area (Å²) in [6.07, 6.45) is 6.93. The highest BCUT2D eigenvalue weighted by Gasteiger charge is 2.28. The summed E-state index contributed by atoms with van der Waals surface area (Å²) < 4.78 is 13.4. The van der Waals surface area contributed by atoms with Crippen LogP contribution in [0.4, 0.5) is 10.6 Å². The molecule has 9 heteroatoms. The van der Waals surface area contributed by atoms with E-state index >= 15 is 0 Å². The quantitative estimate of drug-likeness (QED) is 0.462. The fraction of sp³-hybridized carbons (Fsp3) is 0.360. The van der Waals surface area contributed by atoms with Crippen molar-refractivity contribution in [2.24, 2.45) is 0 Å². The lowest BCUT2D eigenvalue weighted by Crippen LogP contribution is -2.42. The molecule has 1 saturated heterocycles. The van der Waals surface area contributed by atoms with Crippen molar-refractivity contribution in [1.82, 2.24) is 24.6 Å². The number of nitrogens with two attached hydrogens (primary N) is 1. The number of hydrogen-bond donors (Lipinski definition) is 1. The number of hydrogen-bond acceptors (Lipinski definition) is 7. The summed E-state index contributed by atoms with van der Waals surface area (Å²) in [5.74, 6) is 0.798. The minimum Gasteiger partial charge on any atom is -0.444 e. The molecule has 1 aromatic carbocycles. The van der Waals surface area contributed by atoms with Gasteiger partial charge in [0.1, 0.15) is 16.9 Å². The van der Waals surface area contributed by atoms with E-state index in [-0.39, 0.29) is 12.1 Å². The van der Waals surface area contributed by atoms with Crippen molar-refractivity contribution in [2.75, 3.05) is 18.8 Å². The third kappa shape index (κ3) is 4.46. The summed E-state index contributed by atoms with van der Waals surface area (Å²) >= 11 is 0. The zero-order chi connectivity index (χ0) is 23.9. The monoisotopic (exact) mass is 460 g/mol. The zero-order valence-electron chi connectivity index (χ0n) is 19.6. The number of benzene rings is 1. The first-order valence-corrected chi connectivity index (χ1v) is 11.4. The molecule has 3 aromatic heterocycles. The average molecular weight is 461 g/mol. The summed E-state index contributed by atoms with van der Waals surface area (Å²) in [4.78, 5) is 23.0. The van der Waals surface area contributed by atoms with Crippen LogP contribution in [-0.2, 0) is 4.74 Å². The summed E-state index contributed by atoms with van der Waals surface area (Å²) in [6.45, 7) is 6.92. The normalized spacial score (nSPS) is 15.1. The molecule has 1 aliphatic rings. The van der Waals surface area contributed by atoms with E-state index in [0.717, 1.165) is 29.5 Å². The topological polar surface area (TPSA) is 112 Å². The summed E-state index contributed by atoms with van der Waals surface area (Å²) in [6, 6.07) is 9.73. The number of rotatable bonds is 3. The molecule has 0 spiro atoms. The van der Waals surface area contributed by atoms with E-state index in [2.05, 4.69) is 15.1 Å². The fourth-order valence-electron chi connectivity index (χ4n) is 4.12. The number of nitrogen functional groups attached to an aromatic ring is 1. The van der Waals surface area contributed by atoms with E-state index in [4.69, 9.17) is 14.9 Å². The highest BCUT2D eigenvalue weighted by atomic mass is 16.6. The van der Waals surface area contributed by atoms with Gasteiger partial charge >= 0.3 is 6.09 Å². The highest BCUT2D eigenvalue weighted by Crippen LogP contribution is 2.32. The fourth-order valence-corrected chi connectivity index (χ4v) is 4.12. The van der Waals surface area contributed by atoms with Gasteiger partial charge in [-0.2, -0.15) is 5.10 Å². The first-order chi connectivity index (χ1) is 16.3. The van der Waals surface area contributed by atoms with Gasteiger partial charge in [0.2, 0.25) is 5.89 Å². The molecular formula is C25H28N6O3. The molecular weight excluding hydrogens is 432 g/mol. The van der Waals surface area contributed by atoms with Crippen LogP contribution in [0.25, 0.3) is 33.7 Å². The number of anilines is 1. The number of fused-ring (bicyclic) bond motifs is 1. The first-order valence-electron chi connectivity index (χ1n) is 11.4. The van der Waals surface area contributed by atoms with E-state index < -0.39 is 5.60 Å². The SMILES string of the molecule is CC(C)(C)OC(=O)N1CCC(n2cc(-c3cnc(N)c(-c4nc5ccccc5o4)c3)cn2)CC1. The molecule has 1 fully saturated rings. The van der Waals surface area contributed by atoms with Crippen LogP contribution < -0.4 is 5.73 Å². The van der Waals surface area contributed by atoms with Crippen LogP contribution in [0.2, 0.25) is 0 Å². The number of likely N-dealkylation sites (tertiary alicyclic amines) is 1. The molecule has 5 rings (SSSR count). The number of nitrogens with zero attached hydrogens (tertiary/aromatic N) is 5. The van der Waals surface area contributed by atoms with Crippen LogP contribution in [0.3, 0.4) is 0 Å². The Bertz CT molecular complexity index is 1290. The molecule has 4 aromatic rings. The summed E-state index contributed by atoms with van der Waals surface area (Å²) in [7, 11) is 0. The van der Waals surface area contributed by atoms with Crippen molar-refractivity contribution in [3.05, 3.63) is 48.9 Å². The highest BCUT2D eigenvalue weighted by molar-refractivity contribution is 5.80. The molecule has 34 heavy (non-hydrogen) atoms. The minimum atomic E-state index is -0.491. The van der Waals surface area contributed by atoms with Crippen molar-refractivity contribution in [3.8, 4) is 22.6 Å². The smallest absolute Gasteiger partial charge is 0.410 e. The number of oxazole rings is 1. The van der Waals surface area contributed by atoms with Gasteiger partial charge in [-0.3, -0.25) is 4.68 Å². The van der Waals surface area contributed by atoms with E-state index in [9.17, 15) is 4.79 Å². The van der Waals surface area contributed by atoms with Crippen molar-refractivity contribution in [1.29, 1.82) is 0 Å². The van der Waals surface area contributed by atoms with Gasteiger partial charge < -0.3 is 19.8 Å². The van der Waals surface area contributed by atoms with Crippen LogP contribution in [0.15, 0.2) is 53.3 Å². The largest absolute Gasteiger partial charge is 0.444 e. The first kappa shape index (κ1) is 21.9. The lowest BCUT2D eigenvalue weighted by Gasteiger charge is -2.33. The number of pyridine rings is 1. The molecule has 1 amide bonds. The van der Waals surface area contributed by atoms with Gasteiger partial charge in [0.15, 0.2) is 5.58 Å². The number of piperidine rings is 1. The van der Waals surface area contributed by atoms with Gasteiger partial charge in [-0.25, -0.2) is 14.8 Å². The Hall–Kier alpha value is -3.88. The van der Waals surface area contributed by atoms with E-state index in [1.807, 2.05) is 68.2 Å². The Balaban J connectivity index is 1.32. The lowest BCUT2D eigenvalue weighted by molar-refractivity contribution is 0.0185. The van der Waals surface area contributed by atoms with Gasteiger partial charge in [-0.05, 0) is 51.8 Å². The van der Waals surface area contributed by atoms with E-state index in [0.29, 0.717) is 35.9 Å². The number of carbonyl (C=O) groups is 1. The molecule has 9 nitrogen and oxygen atoms in total. The maximum Gasteiger partial charge on any atom is 0.410 e. The summed E-state index contributed by atoms with van der Waals surface area (Å²) in [5.41, 5.74) is 9.58. The van der Waals surface area contributed by atoms with Gasteiger partial charge in [0.05, 0.1) is 17.8 Å². The molecule has 176 valence electrons. The molecule has 0 unspecified atom stereocenters. The predicted octanol–water partition coefficient (Wildman–Crippen LogP) is 4.91. The second kappa shape index (κ2) is 8.48. The Kier molecular flexibility index (Phi) is 5.47. The number of ether oxygens (including phenoxy) is 1. The standard InChI is InChI=1S/C25H28N6O3/c1-25(2,3)34-24(32)30-10-8-18(9-11-30)31-15-17(14-28-31)16-12-19(22(26)27-13-16)23-29-20-6-4-5-7-21(20)33-23/h4-7,12-15,18H,8-11H2,1-3H3,(H2,26,27). The third-order valence-electron chi connectivity index (χ3n) is 5.87. The van der Waals surface area contributed by atoms with Crippen LogP contribution in [0.5, 0.6) is 0 Å². The Morgan fingerprint density at radius 1 is 1.15 bits per heavy atom. The molecule has 4 heterocycles. The molecule has 2 N–H and O–H groups in total. The Morgan fingerprint density at radius 3 is 2.65 bits per heavy atom. The van der Waals surface area contributed by atoms with Crippen LogP contribution >= 0.6 is 0 Å². The third-order valence-corrected chi connectivity index (χ3v) is 5.87. The van der Waals surface area contributed by atoms with E-state index in [1.165, 1.54) is 0 Å².